The maximum Gasteiger partial charge on any atom is 0.305 e. The summed E-state index contributed by atoms with van der Waals surface area (Å²) >= 11 is 0. The summed E-state index contributed by atoms with van der Waals surface area (Å²) in [5.74, 6) is 1.18. The van der Waals surface area contributed by atoms with E-state index in [9.17, 15) is 4.79 Å². The normalized spacial score (nSPS) is 15.7. The molecule has 3 heterocycles. The SMILES string of the molecule is CCC(C)n1cnc2c1=CC(C[C@H](C)CCC(=O)OCCCCn1cnc3c(N)nc(C4=CCC(C)=CC=C4)nc31)=CC=C=2. The number of carbonyl (C=O) groups excluding carboxylic acids is 1. The van der Waals surface area contributed by atoms with Crippen molar-refractivity contribution in [3.05, 3.63) is 76.8 Å². The van der Waals surface area contributed by atoms with Gasteiger partial charge in [-0.3, -0.25) is 4.79 Å². The third-order valence-electron chi connectivity index (χ3n) is 8.27. The van der Waals surface area contributed by atoms with Crippen LogP contribution in [0.4, 0.5) is 5.82 Å². The maximum atomic E-state index is 12.5. The number of unbranched alkanes of at least 4 members (excludes halogenated alkanes) is 1. The Balaban J connectivity index is 1.07. The largest absolute Gasteiger partial charge is 0.466 e. The molecule has 1 unspecified atom stereocenters. The highest BCUT2D eigenvalue weighted by Gasteiger charge is 2.15. The first-order valence-corrected chi connectivity index (χ1v) is 15.7. The molecule has 3 aromatic heterocycles. The molecule has 230 valence electrons. The lowest BCUT2D eigenvalue weighted by Crippen LogP contribution is -2.31. The van der Waals surface area contributed by atoms with Crippen molar-refractivity contribution in [2.75, 3.05) is 12.3 Å². The molecule has 0 saturated carbocycles. The molecule has 2 N–H and O–H groups in total. The minimum Gasteiger partial charge on any atom is -0.466 e. The van der Waals surface area contributed by atoms with Gasteiger partial charge in [0.15, 0.2) is 17.3 Å². The van der Waals surface area contributed by atoms with Crippen LogP contribution in [0.2, 0.25) is 0 Å². The minimum atomic E-state index is -0.145. The van der Waals surface area contributed by atoms with Gasteiger partial charge in [0, 0.05) is 24.6 Å². The molecule has 0 aromatic carbocycles. The molecule has 0 amide bonds. The molecule has 0 spiro atoms. The van der Waals surface area contributed by atoms with Crippen LogP contribution in [0.15, 0.2) is 60.3 Å². The van der Waals surface area contributed by atoms with E-state index in [2.05, 4.69) is 77.2 Å². The lowest BCUT2D eigenvalue weighted by molar-refractivity contribution is -0.144. The van der Waals surface area contributed by atoms with Gasteiger partial charge in [-0.05, 0) is 76.0 Å². The number of aryl methyl sites for hydroxylation is 1. The van der Waals surface area contributed by atoms with Crippen LogP contribution in [0.25, 0.3) is 28.5 Å². The number of anilines is 1. The van der Waals surface area contributed by atoms with Gasteiger partial charge >= 0.3 is 5.97 Å². The van der Waals surface area contributed by atoms with Gasteiger partial charge in [-0.2, -0.15) is 0 Å². The summed E-state index contributed by atoms with van der Waals surface area (Å²) in [4.78, 5) is 30.7. The first-order valence-electron chi connectivity index (χ1n) is 15.7. The quantitative estimate of drug-likeness (QED) is 0.210. The van der Waals surface area contributed by atoms with E-state index in [-0.39, 0.29) is 5.97 Å². The summed E-state index contributed by atoms with van der Waals surface area (Å²) in [7, 11) is 0. The van der Waals surface area contributed by atoms with Crippen molar-refractivity contribution in [3.63, 3.8) is 0 Å². The predicted octanol–water partition coefficient (Wildman–Crippen LogP) is 5.35. The van der Waals surface area contributed by atoms with Crippen molar-refractivity contribution in [1.82, 2.24) is 29.1 Å². The average Bonchev–Trinajstić information content (AvgIpc) is 3.46. The van der Waals surface area contributed by atoms with Crippen LogP contribution in [0.3, 0.4) is 0 Å². The number of ether oxygens (including phenoxy) is 1. The molecule has 9 nitrogen and oxygen atoms in total. The zero-order valence-electron chi connectivity index (χ0n) is 26.3. The molecule has 2 aliphatic rings. The maximum absolute atomic E-state index is 12.5. The van der Waals surface area contributed by atoms with Gasteiger partial charge in [0.1, 0.15) is 10.9 Å². The summed E-state index contributed by atoms with van der Waals surface area (Å²) in [6.07, 6.45) is 23.7. The Hall–Kier alpha value is -4.49. The number of carbonyl (C=O) groups is 1. The highest BCUT2D eigenvalue weighted by atomic mass is 16.5. The molecule has 0 fully saturated rings. The Morgan fingerprint density at radius 2 is 2.02 bits per heavy atom. The number of hydrogen-bond acceptors (Lipinski definition) is 7. The summed E-state index contributed by atoms with van der Waals surface area (Å²) in [6.45, 7) is 9.77. The number of nitrogens with two attached hydrogens (primary N) is 1. The van der Waals surface area contributed by atoms with Gasteiger partial charge in [0.2, 0.25) is 0 Å². The Kier molecular flexibility index (Phi) is 10.1. The molecule has 44 heavy (non-hydrogen) atoms. The van der Waals surface area contributed by atoms with E-state index in [0.29, 0.717) is 48.7 Å². The van der Waals surface area contributed by atoms with Crippen LogP contribution in [0, 0.1) is 5.92 Å². The number of fused-ring (bicyclic) bond motifs is 2. The van der Waals surface area contributed by atoms with E-state index in [1.165, 1.54) is 11.1 Å². The van der Waals surface area contributed by atoms with Crippen molar-refractivity contribution >= 4 is 40.3 Å². The van der Waals surface area contributed by atoms with Crippen LogP contribution >= 0.6 is 0 Å². The van der Waals surface area contributed by atoms with Gasteiger partial charge in [-0.25, -0.2) is 19.9 Å². The van der Waals surface area contributed by atoms with E-state index in [1.54, 1.807) is 6.33 Å². The van der Waals surface area contributed by atoms with Crippen molar-refractivity contribution in [1.29, 1.82) is 0 Å². The monoisotopic (exact) mass is 593 g/mol. The van der Waals surface area contributed by atoms with Gasteiger partial charge in [0.05, 0.1) is 24.6 Å². The number of aromatic nitrogens is 6. The van der Waals surface area contributed by atoms with E-state index in [0.717, 1.165) is 60.4 Å². The molecule has 5 rings (SSSR count). The number of allylic oxidation sites excluding steroid dienone is 9. The minimum absolute atomic E-state index is 0.145. The fraction of sp³-hybridized carbons (Fsp3) is 0.429. The van der Waals surface area contributed by atoms with Crippen molar-refractivity contribution in [3.8, 4) is 0 Å². The average molecular weight is 594 g/mol. The van der Waals surface area contributed by atoms with Crippen molar-refractivity contribution < 1.29 is 9.53 Å². The fourth-order valence-electron chi connectivity index (χ4n) is 5.41. The lowest BCUT2D eigenvalue weighted by Gasteiger charge is -2.13. The summed E-state index contributed by atoms with van der Waals surface area (Å²) in [5, 5.41) is 1.99. The summed E-state index contributed by atoms with van der Waals surface area (Å²) in [5.41, 5.74) is 14.3. The molecule has 0 bridgehead atoms. The zero-order valence-corrected chi connectivity index (χ0v) is 26.3. The van der Waals surface area contributed by atoms with E-state index >= 15 is 0 Å². The predicted molar refractivity (Wildman–Crippen MR) is 175 cm³/mol. The second-order valence-corrected chi connectivity index (χ2v) is 11.9. The number of rotatable bonds is 13. The molecule has 0 aliphatic heterocycles. The zero-order chi connectivity index (χ0) is 31.1. The number of nitrogen functional groups attached to an aromatic ring is 1. The summed E-state index contributed by atoms with van der Waals surface area (Å²) in [6, 6.07) is 0.379. The van der Waals surface area contributed by atoms with Gasteiger partial charge in [0.25, 0.3) is 0 Å². The van der Waals surface area contributed by atoms with E-state index < -0.39 is 0 Å². The molecule has 3 aromatic rings. The van der Waals surface area contributed by atoms with Gasteiger partial charge < -0.3 is 19.6 Å². The molecule has 0 saturated heterocycles. The second-order valence-electron chi connectivity index (χ2n) is 11.9. The van der Waals surface area contributed by atoms with Crippen LogP contribution in [-0.2, 0) is 16.1 Å². The number of esters is 1. The Morgan fingerprint density at radius 1 is 1.16 bits per heavy atom. The molecule has 0 radical (unpaired) electrons. The highest BCUT2D eigenvalue weighted by molar-refractivity contribution is 5.84. The third-order valence-corrected chi connectivity index (χ3v) is 8.27. The van der Waals surface area contributed by atoms with Crippen LogP contribution in [0.1, 0.15) is 84.5 Å². The van der Waals surface area contributed by atoms with E-state index in [1.807, 2.05) is 29.1 Å². The molecule has 2 aliphatic carbocycles. The molecular formula is C35H43N7O2. The summed E-state index contributed by atoms with van der Waals surface area (Å²) < 4.78 is 9.78. The number of hydrogen-bond donors (Lipinski definition) is 1. The first kappa shape index (κ1) is 31.0. The standard InChI is InChI=1S/C35H43N7O2/c1-5-26(4)42-23-37-29-13-9-11-27(21-30(29)42)20-25(3)15-17-31(43)44-19-7-6-18-41-22-38-32-33(36)39-34(40-35(32)41)28-12-8-10-24(2)14-16-28/h8-12,16,21-23,25-26H,5-7,14-15,17-20H2,1-4H3,(H2,36,39,40)/t25-,26?/m1/s1. The molecule has 9 heteroatoms. The third kappa shape index (κ3) is 7.53. The fourth-order valence-corrected chi connectivity index (χ4v) is 5.41. The van der Waals surface area contributed by atoms with Crippen LogP contribution in [-0.4, -0.2) is 41.6 Å². The molecular weight excluding hydrogens is 550 g/mol. The van der Waals surface area contributed by atoms with Gasteiger partial charge in [-0.1, -0.05) is 55.5 Å². The number of imidazole rings is 2. The Labute approximate surface area is 259 Å². The van der Waals surface area contributed by atoms with E-state index in [4.69, 9.17) is 15.5 Å². The van der Waals surface area contributed by atoms with Crippen molar-refractivity contribution in [2.45, 2.75) is 85.2 Å². The molecule has 2 atom stereocenters. The van der Waals surface area contributed by atoms with Gasteiger partial charge in [-0.15, -0.1) is 0 Å². The van der Waals surface area contributed by atoms with Crippen molar-refractivity contribution in [2.24, 2.45) is 5.92 Å². The second kappa shape index (κ2) is 14.3. The van der Waals surface area contributed by atoms with Crippen LogP contribution < -0.4 is 16.4 Å². The Morgan fingerprint density at radius 3 is 2.86 bits per heavy atom. The number of nitrogens with zero attached hydrogens (tertiary/aromatic N) is 6. The Bertz CT molecular complexity index is 1800. The highest BCUT2D eigenvalue weighted by Crippen LogP contribution is 2.24. The first-order chi connectivity index (χ1) is 21.3. The lowest BCUT2D eigenvalue weighted by atomic mass is 9.96. The van der Waals surface area contributed by atoms with Crippen LogP contribution in [0.5, 0.6) is 0 Å². The smallest absolute Gasteiger partial charge is 0.305 e. The topological polar surface area (TPSA) is 114 Å².